The first-order chi connectivity index (χ1) is 18.8. The SMILES string of the molecule is COC(=O)c1ccc(COc2ccc(C=NNc3ccc([N+](=O)[O-])cc3S(=O)(=O)N3CCOCC3)cc2)cc1. The summed E-state index contributed by atoms with van der Waals surface area (Å²) in [6.45, 7) is 1.10. The molecule has 39 heavy (non-hydrogen) atoms. The highest BCUT2D eigenvalue weighted by Crippen LogP contribution is 2.29. The average Bonchev–Trinajstić information content (AvgIpc) is 2.97. The number of esters is 1. The van der Waals surface area contributed by atoms with Crippen LogP contribution in [0.15, 0.2) is 76.7 Å². The van der Waals surface area contributed by atoms with E-state index in [4.69, 9.17) is 9.47 Å². The van der Waals surface area contributed by atoms with Gasteiger partial charge in [0.1, 0.15) is 17.3 Å². The number of nitro groups is 1. The van der Waals surface area contributed by atoms with Gasteiger partial charge in [0, 0.05) is 25.2 Å². The van der Waals surface area contributed by atoms with E-state index in [-0.39, 0.29) is 42.6 Å². The number of rotatable bonds is 10. The van der Waals surface area contributed by atoms with Crippen LogP contribution in [-0.2, 0) is 26.1 Å². The molecule has 0 spiro atoms. The predicted molar refractivity (Wildman–Crippen MR) is 142 cm³/mol. The van der Waals surface area contributed by atoms with Crippen LogP contribution >= 0.6 is 0 Å². The fourth-order valence-electron chi connectivity index (χ4n) is 3.70. The molecule has 3 aromatic rings. The minimum absolute atomic E-state index is 0.113. The molecule has 1 saturated heterocycles. The summed E-state index contributed by atoms with van der Waals surface area (Å²) in [5.41, 5.74) is 4.51. The normalized spacial score (nSPS) is 14.2. The van der Waals surface area contributed by atoms with Crippen molar-refractivity contribution >= 4 is 33.6 Å². The molecule has 0 atom stereocenters. The summed E-state index contributed by atoms with van der Waals surface area (Å²) < 4.78 is 43.3. The van der Waals surface area contributed by atoms with Crippen LogP contribution in [0.1, 0.15) is 21.5 Å². The first kappa shape index (κ1) is 27.7. The molecule has 4 rings (SSSR count). The van der Waals surface area contributed by atoms with Crippen molar-refractivity contribution in [3.63, 3.8) is 0 Å². The first-order valence-electron chi connectivity index (χ1n) is 11.8. The van der Waals surface area contributed by atoms with Gasteiger partial charge in [0.25, 0.3) is 5.69 Å². The molecular weight excluding hydrogens is 528 g/mol. The van der Waals surface area contributed by atoms with E-state index in [1.54, 1.807) is 48.5 Å². The number of carbonyl (C=O) groups excluding carboxylic acids is 1. The van der Waals surface area contributed by atoms with E-state index >= 15 is 0 Å². The number of nitro benzene ring substituents is 1. The number of nitrogens with one attached hydrogen (secondary N) is 1. The van der Waals surface area contributed by atoms with Crippen LogP contribution < -0.4 is 10.2 Å². The Morgan fingerprint density at radius 3 is 2.44 bits per heavy atom. The second-order valence-corrected chi connectivity index (χ2v) is 10.3. The van der Waals surface area contributed by atoms with Crippen molar-refractivity contribution in [1.29, 1.82) is 0 Å². The first-order valence-corrected chi connectivity index (χ1v) is 13.3. The van der Waals surface area contributed by atoms with Gasteiger partial charge >= 0.3 is 5.97 Å². The van der Waals surface area contributed by atoms with E-state index in [0.29, 0.717) is 23.5 Å². The van der Waals surface area contributed by atoms with Gasteiger partial charge in [-0.3, -0.25) is 15.5 Å². The molecule has 204 valence electrons. The van der Waals surface area contributed by atoms with E-state index in [9.17, 15) is 23.3 Å². The zero-order chi connectivity index (χ0) is 27.8. The van der Waals surface area contributed by atoms with Crippen molar-refractivity contribution in [1.82, 2.24) is 4.31 Å². The third-order valence-electron chi connectivity index (χ3n) is 5.82. The van der Waals surface area contributed by atoms with E-state index in [1.165, 1.54) is 29.8 Å². The largest absolute Gasteiger partial charge is 0.489 e. The quantitative estimate of drug-likeness (QED) is 0.172. The molecule has 1 N–H and O–H groups in total. The maximum Gasteiger partial charge on any atom is 0.337 e. The van der Waals surface area contributed by atoms with Crippen LogP contribution in [0.5, 0.6) is 5.75 Å². The second-order valence-electron chi connectivity index (χ2n) is 8.37. The lowest BCUT2D eigenvalue weighted by atomic mass is 10.1. The van der Waals surface area contributed by atoms with E-state index in [0.717, 1.165) is 11.6 Å². The maximum atomic E-state index is 13.2. The summed E-state index contributed by atoms with van der Waals surface area (Å²) in [5.74, 6) is 0.212. The number of anilines is 1. The lowest BCUT2D eigenvalue weighted by Crippen LogP contribution is -2.40. The zero-order valence-corrected chi connectivity index (χ0v) is 21.8. The molecule has 0 bridgehead atoms. The Bertz CT molecular complexity index is 1450. The van der Waals surface area contributed by atoms with E-state index in [2.05, 4.69) is 15.3 Å². The molecule has 1 aliphatic heterocycles. The molecule has 0 aliphatic carbocycles. The van der Waals surface area contributed by atoms with Gasteiger partial charge in [0.2, 0.25) is 10.0 Å². The number of nitrogens with zero attached hydrogens (tertiary/aromatic N) is 3. The lowest BCUT2D eigenvalue weighted by Gasteiger charge is -2.26. The summed E-state index contributed by atoms with van der Waals surface area (Å²) in [5, 5.41) is 15.4. The van der Waals surface area contributed by atoms with Crippen molar-refractivity contribution in [3.05, 3.63) is 93.5 Å². The summed E-state index contributed by atoms with van der Waals surface area (Å²) in [6.07, 6.45) is 1.49. The van der Waals surface area contributed by atoms with E-state index < -0.39 is 20.9 Å². The molecule has 0 amide bonds. The molecule has 1 fully saturated rings. The number of non-ortho nitro benzene ring substituents is 1. The van der Waals surface area contributed by atoms with Gasteiger partial charge in [-0.25, -0.2) is 13.2 Å². The van der Waals surface area contributed by atoms with Crippen LogP contribution in [0.4, 0.5) is 11.4 Å². The number of hydrogen-bond acceptors (Lipinski definition) is 10. The fourth-order valence-corrected chi connectivity index (χ4v) is 5.27. The van der Waals surface area contributed by atoms with Gasteiger partial charge in [-0.15, -0.1) is 0 Å². The van der Waals surface area contributed by atoms with Crippen molar-refractivity contribution in [2.24, 2.45) is 5.10 Å². The van der Waals surface area contributed by atoms with Gasteiger partial charge < -0.3 is 14.2 Å². The minimum Gasteiger partial charge on any atom is -0.489 e. The monoisotopic (exact) mass is 554 g/mol. The van der Waals surface area contributed by atoms with Gasteiger partial charge in [-0.2, -0.15) is 9.41 Å². The summed E-state index contributed by atoms with van der Waals surface area (Å²) in [7, 11) is -2.69. The van der Waals surface area contributed by atoms with Gasteiger partial charge in [0.15, 0.2) is 0 Å². The lowest BCUT2D eigenvalue weighted by molar-refractivity contribution is -0.385. The molecule has 0 aromatic heterocycles. The van der Waals surface area contributed by atoms with Crippen LogP contribution in [0, 0.1) is 10.1 Å². The highest BCUT2D eigenvalue weighted by Gasteiger charge is 2.30. The highest BCUT2D eigenvalue weighted by molar-refractivity contribution is 7.89. The number of sulfonamides is 1. The molecule has 12 nitrogen and oxygen atoms in total. The number of benzene rings is 3. The van der Waals surface area contributed by atoms with Crippen molar-refractivity contribution in [2.75, 3.05) is 38.8 Å². The van der Waals surface area contributed by atoms with E-state index in [1.807, 2.05) is 0 Å². The number of morpholine rings is 1. The predicted octanol–water partition coefficient (Wildman–Crippen LogP) is 3.43. The average molecular weight is 555 g/mol. The van der Waals surface area contributed by atoms with Crippen LogP contribution in [0.2, 0.25) is 0 Å². The van der Waals surface area contributed by atoms with Gasteiger partial charge in [0.05, 0.1) is 42.7 Å². The number of carbonyl (C=O) groups is 1. The Morgan fingerprint density at radius 1 is 1.10 bits per heavy atom. The molecular formula is C26H26N4O8S. The Balaban J connectivity index is 1.41. The number of hydrogen-bond donors (Lipinski definition) is 1. The molecule has 0 radical (unpaired) electrons. The Hall–Kier alpha value is -4.33. The van der Waals surface area contributed by atoms with Crippen molar-refractivity contribution in [3.8, 4) is 5.75 Å². The van der Waals surface area contributed by atoms with Crippen molar-refractivity contribution < 1.29 is 32.3 Å². The molecule has 0 saturated carbocycles. The number of hydrazone groups is 1. The van der Waals surface area contributed by atoms with Crippen molar-refractivity contribution in [2.45, 2.75) is 11.5 Å². The fraction of sp³-hybridized carbons (Fsp3) is 0.231. The van der Waals surface area contributed by atoms with Crippen LogP contribution in [0.25, 0.3) is 0 Å². The molecule has 13 heteroatoms. The Morgan fingerprint density at radius 2 is 1.79 bits per heavy atom. The molecule has 1 aliphatic rings. The maximum absolute atomic E-state index is 13.2. The number of methoxy groups -OCH3 is 1. The molecule has 3 aromatic carbocycles. The van der Waals surface area contributed by atoms with Crippen LogP contribution in [-0.4, -0.2) is 63.2 Å². The molecule has 1 heterocycles. The highest BCUT2D eigenvalue weighted by atomic mass is 32.2. The second kappa shape index (κ2) is 12.5. The minimum atomic E-state index is -4.01. The summed E-state index contributed by atoms with van der Waals surface area (Å²) in [4.78, 5) is 21.9. The standard InChI is InChI=1S/C26H26N4O8S/c1-36-26(31)21-6-2-20(3-7-21)18-38-23-9-4-19(5-10-23)17-27-28-24-11-8-22(30(32)33)16-25(24)39(34,35)29-12-14-37-15-13-29/h2-11,16-17,28H,12-15,18H2,1H3. The summed E-state index contributed by atoms with van der Waals surface area (Å²) >= 11 is 0. The Labute approximate surface area is 225 Å². The third kappa shape index (κ3) is 6.96. The van der Waals surface area contributed by atoms with Crippen LogP contribution in [0.3, 0.4) is 0 Å². The smallest absolute Gasteiger partial charge is 0.337 e. The topological polar surface area (TPSA) is 150 Å². The van der Waals surface area contributed by atoms with Gasteiger partial charge in [-0.1, -0.05) is 12.1 Å². The third-order valence-corrected chi connectivity index (χ3v) is 7.76. The summed E-state index contributed by atoms with van der Waals surface area (Å²) in [6, 6.07) is 17.5. The Kier molecular flexibility index (Phi) is 8.86. The zero-order valence-electron chi connectivity index (χ0n) is 21.0. The van der Waals surface area contributed by atoms with Gasteiger partial charge in [-0.05, 0) is 53.6 Å². The molecule has 0 unspecified atom stereocenters. The number of ether oxygens (including phenoxy) is 3.